The lowest BCUT2D eigenvalue weighted by Crippen LogP contribution is -2.11. The van der Waals surface area contributed by atoms with E-state index >= 15 is 0 Å². The molecule has 0 bridgehead atoms. The van der Waals surface area contributed by atoms with Crippen LogP contribution in [0.5, 0.6) is 0 Å². The minimum atomic E-state index is -0.220. The highest BCUT2D eigenvalue weighted by Gasteiger charge is 2.44. The predicted octanol–water partition coefficient (Wildman–Crippen LogP) is 0.927. The molecule has 0 aromatic carbocycles. The van der Waals surface area contributed by atoms with Gasteiger partial charge in [0.15, 0.2) is 4.73 Å². The minimum Gasteiger partial charge on any atom is -0.366 e. The van der Waals surface area contributed by atoms with E-state index in [4.69, 9.17) is 11.0 Å². The number of nitriles is 1. The van der Waals surface area contributed by atoms with E-state index in [1.54, 1.807) is 4.68 Å². The molecule has 1 saturated carbocycles. The molecule has 2 rings (SSSR count). The molecule has 1 aromatic heterocycles. The topological polar surface area (TPSA) is 80.5 Å². The second-order valence-electron chi connectivity index (χ2n) is 3.29. The summed E-state index contributed by atoms with van der Waals surface area (Å²) in [6, 6.07) is 2.29. The van der Waals surface area contributed by atoms with E-state index in [2.05, 4.69) is 32.1 Å². The van der Waals surface area contributed by atoms with E-state index < -0.39 is 0 Å². The Morgan fingerprint density at radius 3 is 2.77 bits per heavy atom. The van der Waals surface area contributed by atoms with E-state index in [-0.39, 0.29) is 11.4 Å². The second kappa shape index (κ2) is 2.70. The zero-order chi connectivity index (χ0) is 9.47. The van der Waals surface area contributed by atoms with Crippen LogP contribution in [0.3, 0.4) is 0 Å². The first-order chi connectivity index (χ1) is 6.15. The van der Waals surface area contributed by atoms with Crippen molar-refractivity contribution >= 4 is 21.9 Å². The largest absolute Gasteiger partial charge is 0.366 e. The standard InChI is InChI=1S/C7H8BrN5/c8-5-11-6(10)12-13(5)4-7(3-9)1-2-7/h1-2,4H2,(H2,10,12). The molecule has 0 amide bonds. The first-order valence-corrected chi connectivity index (χ1v) is 4.72. The summed E-state index contributed by atoms with van der Waals surface area (Å²) >= 11 is 3.23. The molecular weight excluding hydrogens is 234 g/mol. The lowest BCUT2D eigenvalue weighted by Gasteiger charge is -2.04. The zero-order valence-electron chi connectivity index (χ0n) is 6.87. The van der Waals surface area contributed by atoms with Gasteiger partial charge in [-0.3, -0.25) is 0 Å². The van der Waals surface area contributed by atoms with Crippen molar-refractivity contribution in [1.29, 1.82) is 5.26 Å². The van der Waals surface area contributed by atoms with Crippen molar-refractivity contribution in [1.82, 2.24) is 14.8 Å². The number of rotatable bonds is 2. The van der Waals surface area contributed by atoms with Crippen molar-refractivity contribution in [2.24, 2.45) is 5.41 Å². The maximum atomic E-state index is 8.86. The molecule has 2 N–H and O–H groups in total. The number of aromatic nitrogens is 3. The molecule has 1 fully saturated rings. The maximum absolute atomic E-state index is 8.86. The van der Waals surface area contributed by atoms with E-state index in [0.29, 0.717) is 11.3 Å². The van der Waals surface area contributed by atoms with Crippen LogP contribution in [-0.2, 0) is 6.54 Å². The highest BCUT2D eigenvalue weighted by atomic mass is 79.9. The van der Waals surface area contributed by atoms with Crippen molar-refractivity contribution in [2.45, 2.75) is 19.4 Å². The number of nitrogen functional groups attached to an aromatic ring is 1. The monoisotopic (exact) mass is 241 g/mol. The molecule has 1 aromatic rings. The van der Waals surface area contributed by atoms with Crippen LogP contribution in [0.2, 0.25) is 0 Å². The van der Waals surface area contributed by atoms with Gasteiger partial charge in [-0.05, 0) is 28.8 Å². The van der Waals surface area contributed by atoms with Gasteiger partial charge in [-0.1, -0.05) is 0 Å². The van der Waals surface area contributed by atoms with Gasteiger partial charge in [-0.15, -0.1) is 5.10 Å². The third-order valence-corrected chi connectivity index (χ3v) is 2.77. The summed E-state index contributed by atoms with van der Waals surface area (Å²) in [5, 5.41) is 12.8. The molecule has 0 unspecified atom stereocenters. The van der Waals surface area contributed by atoms with Gasteiger partial charge >= 0.3 is 0 Å². The number of hydrogen-bond donors (Lipinski definition) is 1. The van der Waals surface area contributed by atoms with Crippen molar-refractivity contribution in [3.05, 3.63) is 4.73 Å². The summed E-state index contributed by atoms with van der Waals surface area (Å²) in [5.74, 6) is 0.237. The predicted molar refractivity (Wildman–Crippen MR) is 49.4 cm³/mol. The first kappa shape index (κ1) is 8.51. The number of nitrogens with zero attached hydrogens (tertiary/aromatic N) is 4. The van der Waals surface area contributed by atoms with Crippen LogP contribution >= 0.6 is 15.9 Å². The summed E-state index contributed by atoms with van der Waals surface area (Å²) in [6.45, 7) is 0.578. The van der Waals surface area contributed by atoms with Crippen molar-refractivity contribution in [3.63, 3.8) is 0 Å². The van der Waals surface area contributed by atoms with Crippen LogP contribution in [0, 0.1) is 16.7 Å². The summed E-state index contributed by atoms with van der Waals surface area (Å²) in [7, 11) is 0. The smallest absolute Gasteiger partial charge is 0.240 e. The Bertz CT molecular complexity index is 373. The number of anilines is 1. The Hall–Kier alpha value is -1.09. The first-order valence-electron chi connectivity index (χ1n) is 3.92. The SMILES string of the molecule is N#CC1(Cn2nc(N)nc2Br)CC1. The number of nitrogens with two attached hydrogens (primary N) is 1. The maximum Gasteiger partial charge on any atom is 0.240 e. The average Bonchev–Trinajstić information content (AvgIpc) is 2.77. The highest BCUT2D eigenvalue weighted by molar-refractivity contribution is 9.10. The van der Waals surface area contributed by atoms with Crippen LogP contribution in [0.25, 0.3) is 0 Å². The van der Waals surface area contributed by atoms with Gasteiger partial charge in [0.2, 0.25) is 5.95 Å². The van der Waals surface area contributed by atoms with Gasteiger partial charge < -0.3 is 5.73 Å². The molecule has 1 heterocycles. The van der Waals surface area contributed by atoms with E-state index in [0.717, 1.165) is 12.8 Å². The molecule has 0 aliphatic heterocycles. The van der Waals surface area contributed by atoms with Gasteiger partial charge in [-0.25, -0.2) is 4.68 Å². The Morgan fingerprint density at radius 1 is 1.69 bits per heavy atom. The molecule has 68 valence electrons. The number of halogens is 1. The molecule has 0 radical (unpaired) electrons. The lowest BCUT2D eigenvalue weighted by atomic mass is 10.1. The fourth-order valence-electron chi connectivity index (χ4n) is 1.18. The molecule has 0 saturated heterocycles. The summed E-state index contributed by atoms with van der Waals surface area (Å²) in [4.78, 5) is 3.89. The fourth-order valence-corrected chi connectivity index (χ4v) is 1.57. The Labute approximate surface area is 83.7 Å². The Morgan fingerprint density at radius 2 is 2.38 bits per heavy atom. The van der Waals surface area contributed by atoms with Crippen molar-refractivity contribution in [2.75, 3.05) is 5.73 Å². The van der Waals surface area contributed by atoms with E-state index in [1.807, 2.05) is 0 Å². The van der Waals surface area contributed by atoms with Gasteiger partial charge in [0, 0.05) is 0 Å². The van der Waals surface area contributed by atoms with Crippen molar-refractivity contribution in [3.8, 4) is 6.07 Å². The fraction of sp³-hybridized carbons (Fsp3) is 0.571. The summed E-state index contributed by atoms with van der Waals surface area (Å²) in [5.41, 5.74) is 5.18. The van der Waals surface area contributed by atoms with Crippen LogP contribution in [-0.4, -0.2) is 14.8 Å². The second-order valence-corrected chi connectivity index (χ2v) is 4.00. The molecule has 0 atom stereocenters. The quantitative estimate of drug-likeness (QED) is 0.836. The third kappa shape index (κ3) is 1.52. The van der Waals surface area contributed by atoms with Crippen LogP contribution in [0.1, 0.15) is 12.8 Å². The Balaban J connectivity index is 2.19. The van der Waals surface area contributed by atoms with Crippen LogP contribution in [0.4, 0.5) is 5.95 Å². The molecule has 1 aliphatic rings. The molecule has 6 heteroatoms. The van der Waals surface area contributed by atoms with Gasteiger partial charge in [-0.2, -0.15) is 10.2 Å². The van der Waals surface area contributed by atoms with E-state index in [1.165, 1.54) is 0 Å². The zero-order valence-corrected chi connectivity index (χ0v) is 8.45. The van der Waals surface area contributed by atoms with Crippen LogP contribution in [0.15, 0.2) is 4.73 Å². The van der Waals surface area contributed by atoms with Crippen molar-refractivity contribution < 1.29 is 0 Å². The van der Waals surface area contributed by atoms with Gasteiger partial charge in [0.1, 0.15) is 0 Å². The molecule has 0 spiro atoms. The van der Waals surface area contributed by atoms with Crippen LogP contribution < -0.4 is 5.73 Å². The Kier molecular flexibility index (Phi) is 1.77. The van der Waals surface area contributed by atoms with E-state index in [9.17, 15) is 0 Å². The lowest BCUT2D eigenvalue weighted by molar-refractivity contribution is 0.477. The molecule has 5 nitrogen and oxygen atoms in total. The average molecular weight is 242 g/mol. The van der Waals surface area contributed by atoms with Gasteiger partial charge in [0.05, 0.1) is 18.0 Å². The minimum absolute atomic E-state index is 0.220. The summed E-state index contributed by atoms with van der Waals surface area (Å²) < 4.78 is 2.22. The van der Waals surface area contributed by atoms with Gasteiger partial charge in [0.25, 0.3) is 0 Å². The molecule has 1 aliphatic carbocycles. The normalized spacial score (nSPS) is 18.2. The number of hydrogen-bond acceptors (Lipinski definition) is 4. The summed E-state index contributed by atoms with van der Waals surface area (Å²) in [6.07, 6.45) is 1.88. The third-order valence-electron chi connectivity index (χ3n) is 2.19. The molecule has 13 heavy (non-hydrogen) atoms. The highest BCUT2D eigenvalue weighted by Crippen LogP contribution is 2.46. The molecular formula is C7H8BrN5.